The number of benzene rings is 2. The summed E-state index contributed by atoms with van der Waals surface area (Å²) in [6.07, 6.45) is 1.27. The van der Waals surface area contributed by atoms with Crippen LogP contribution in [-0.4, -0.2) is 35.0 Å². The van der Waals surface area contributed by atoms with E-state index in [1.54, 1.807) is 13.1 Å². The number of hydrogen-bond acceptors (Lipinski definition) is 5. The molecular formula is C25H28N2O5. The lowest BCUT2D eigenvalue weighted by Gasteiger charge is -2.44. The van der Waals surface area contributed by atoms with Crippen LogP contribution in [0.2, 0.25) is 0 Å². The number of nitrogens with one attached hydrogen (secondary N) is 1. The fourth-order valence-corrected chi connectivity index (χ4v) is 3.83. The molecule has 1 fully saturated rings. The summed E-state index contributed by atoms with van der Waals surface area (Å²) in [4.78, 5) is 26.2. The number of aryl methyl sites for hydroxylation is 1. The molecule has 0 aliphatic carbocycles. The zero-order valence-corrected chi connectivity index (χ0v) is 18.1. The minimum Gasteiger partial charge on any atom is -0.376 e. The second-order valence-corrected chi connectivity index (χ2v) is 8.10. The maximum Gasteiger partial charge on any atom is 0.328 e. The third kappa shape index (κ3) is 5.62. The van der Waals surface area contributed by atoms with Gasteiger partial charge >= 0.3 is 5.69 Å². The maximum absolute atomic E-state index is 12.2. The number of H-pyrrole nitrogens is 1. The molecule has 0 unspecified atom stereocenters. The largest absolute Gasteiger partial charge is 0.376 e. The van der Waals surface area contributed by atoms with Gasteiger partial charge in [0.25, 0.3) is 5.56 Å². The van der Waals surface area contributed by atoms with E-state index >= 15 is 0 Å². The average Bonchev–Trinajstić information content (AvgIpc) is 2.80. The fourth-order valence-electron chi connectivity index (χ4n) is 3.83. The van der Waals surface area contributed by atoms with E-state index in [-0.39, 0.29) is 23.7 Å². The van der Waals surface area contributed by atoms with Gasteiger partial charge in [0, 0.05) is 17.7 Å². The fraction of sp³-hybridized carbons (Fsp3) is 0.360. The Morgan fingerprint density at radius 2 is 1.47 bits per heavy atom. The molecule has 0 saturated carbocycles. The van der Waals surface area contributed by atoms with Gasteiger partial charge in [-0.2, -0.15) is 0 Å². The van der Waals surface area contributed by atoms with Gasteiger partial charge in [0.05, 0.1) is 45.2 Å². The molecule has 32 heavy (non-hydrogen) atoms. The molecule has 0 radical (unpaired) electrons. The standard InChI is InChI=1S/C25H28N2O5/c1-18-12-27(25(29)26-24(18)28)13-22-21(16-30-14-19-8-4-2-5-9-19)23(32-22)17-31-15-20-10-6-3-7-11-20/h2-12,21-23H,13-17H2,1H3,(H,26,28,29)/t21-,22-,23+/m0/s1. The van der Waals surface area contributed by atoms with Crippen molar-refractivity contribution in [2.24, 2.45) is 5.92 Å². The van der Waals surface area contributed by atoms with Crippen molar-refractivity contribution in [3.8, 4) is 0 Å². The molecule has 1 saturated heterocycles. The van der Waals surface area contributed by atoms with Crippen LogP contribution in [0.15, 0.2) is 76.4 Å². The van der Waals surface area contributed by atoms with Crippen molar-refractivity contribution in [1.29, 1.82) is 0 Å². The van der Waals surface area contributed by atoms with E-state index in [4.69, 9.17) is 14.2 Å². The lowest BCUT2D eigenvalue weighted by Crippen LogP contribution is -2.55. The predicted octanol–water partition coefficient (Wildman–Crippen LogP) is 2.66. The summed E-state index contributed by atoms with van der Waals surface area (Å²) in [6, 6.07) is 20.0. The first-order valence-corrected chi connectivity index (χ1v) is 10.8. The number of rotatable bonds is 10. The van der Waals surface area contributed by atoms with E-state index in [2.05, 4.69) is 4.98 Å². The lowest BCUT2D eigenvalue weighted by atomic mass is 9.90. The van der Waals surface area contributed by atoms with E-state index in [0.717, 1.165) is 11.1 Å². The second kappa shape index (κ2) is 10.5. The Balaban J connectivity index is 1.37. The highest BCUT2D eigenvalue weighted by Crippen LogP contribution is 2.31. The molecule has 1 aliphatic heterocycles. The maximum atomic E-state index is 12.2. The average molecular weight is 437 g/mol. The van der Waals surface area contributed by atoms with Gasteiger partial charge in [-0.1, -0.05) is 60.7 Å². The van der Waals surface area contributed by atoms with Crippen molar-refractivity contribution in [2.75, 3.05) is 13.2 Å². The van der Waals surface area contributed by atoms with Gasteiger partial charge in [-0.15, -0.1) is 0 Å². The van der Waals surface area contributed by atoms with Crippen molar-refractivity contribution in [2.45, 2.75) is 38.9 Å². The molecule has 1 aromatic heterocycles. The van der Waals surface area contributed by atoms with Gasteiger partial charge in [0.15, 0.2) is 0 Å². The number of aromatic amines is 1. The van der Waals surface area contributed by atoms with Gasteiger partial charge in [-0.05, 0) is 18.1 Å². The first-order valence-electron chi connectivity index (χ1n) is 10.8. The van der Waals surface area contributed by atoms with Crippen molar-refractivity contribution < 1.29 is 14.2 Å². The Labute approximate surface area is 186 Å². The molecule has 0 bridgehead atoms. The third-order valence-electron chi connectivity index (χ3n) is 5.69. The third-order valence-corrected chi connectivity index (χ3v) is 5.69. The Kier molecular flexibility index (Phi) is 7.32. The number of ether oxygens (including phenoxy) is 3. The molecule has 3 atom stereocenters. The molecule has 2 heterocycles. The number of hydrogen-bond donors (Lipinski definition) is 1. The SMILES string of the molecule is Cc1cn(C[C@@H]2O[C@H](COCc3ccccc3)[C@H]2COCc2ccccc2)c(=O)[nH]c1=O. The summed E-state index contributed by atoms with van der Waals surface area (Å²) in [7, 11) is 0. The lowest BCUT2D eigenvalue weighted by molar-refractivity contribution is -0.226. The normalized spacial score (nSPS) is 20.1. The van der Waals surface area contributed by atoms with E-state index in [0.29, 0.717) is 38.5 Å². The van der Waals surface area contributed by atoms with Crippen LogP contribution in [0, 0.1) is 12.8 Å². The Hall–Kier alpha value is -3.00. The monoisotopic (exact) mass is 436 g/mol. The van der Waals surface area contributed by atoms with Crippen LogP contribution >= 0.6 is 0 Å². The van der Waals surface area contributed by atoms with Gasteiger partial charge in [0.2, 0.25) is 0 Å². The molecule has 7 heteroatoms. The highest BCUT2D eigenvalue weighted by Gasteiger charge is 2.42. The van der Waals surface area contributed by atoms with Crippen LogP contribution in [0.1, 0.15) is 16.7 Å². The van der Waals surface area contributed by atoms with Gasteiger partial charge in [-0.25, -0.2) is 4.79 Å². The Bertz CT molecular complexity index is 1110. The van der Waals surface area contributed by atoms with Crippen LogP contribution in [-0.2, 0) is 34.0 Å². The molecule has 3 aromatic rings. The van der Waals surface area contributed by atoms with Crippen LogP contribution in [0.4, 0.5) is 0 Å². The highest BCUT2D eigenvalue weighted by molar-refractivity contribution is 5.14. The molecule has 168 valence electrons. The first kappa shape index (κ1) is 22.2. The summed E-state index contributed by atoms with van der Waals surface area (Å²) in [6.45, 7) is 4.00. The zero-order valence-electron chi connectivity index (χ0n) is 18.1. The van der Waals surface area contributed by atoms with E-state index in [1.165, 1.54) is 4.57 Å². The minimum atomic E-state index is -0.433. The smallest absolute Gasteiger partial charge is 0.328 e. The molecule has 0 amide bonds. The topological polar surface area (TPSA) is 82.6 Å². The zero-order chi connectivity index (χ0) is 22.3. The van der Waals surface area contributed by atoms with Crippen molar-refractivity contribution in [3.05, 3.63) is 104 Å². The highest BCUT2D eigenvalue weighted by atomic mass is 16.6. The first-order chi connectivity index (χ1) is 15.6. The quantitative estimate of drug-likeness (QED) is 0.528. The summed E-state index contributed by atoms with van der Waals surface area (Å²) in [5.74, 6) is 0.0774. The van der Waals surface area contributed by atoms with Crippen LogP contribution in [0.25, 0.3) is 0 Å². The molecule has 7 nitrogen and oxygen atoms in total. The van der Waals surface area contributed by atoms with Crippen LogP contribution in [0.3, 0.4) is 0 Å². The molecule has 1 aliphatic rings. The van der Waals surface area contributed by atoms with Crippen molar-refractivity contribution in [3.63, 3.8) is 0 Å². The van der Waals surface area contributed by atoms with Gasteiger partial charge in [0.1, 0.15) is 0 Å². The van der Waals surface area contributed by atoms with Crippen molar-refractivity contribution >= 4 is 0 Å². The summed E-state index contributed by atoms with van der Waals surface area (Å²) in [5.41, 5.74) is 1.90. The van der Waals surface area contributed by atoms with Crippen molar-refractivity contribution in [1.82, 2.24) is 9.55 Å². The number of aromatic nitrogens is 2. The Morgan fingerprint density at radius 3 is 2.09 bits per heavy atom. The Morgan fingerprint density at radius 1 is 0.875 bits per heavy atom. The van der Waals surface area contributed by atoms with Crippen LogP contribution < -0.4 is 11.2 Å². The van der Waals surface area contributed by atoms with Crippen LogP contribution in [0.5, 0.6) is 0 Å². The molecule has 2 aromatic carbocycles. The minimum absolute atomic E-state index is 0.0774. The summed E-state index contributed by atoms with van der Waals surface area (Å²) < 4.78 is 19.4. The molecule has 0 spiro atoms. The molecule has 1 N–H and O–H groups in total. The second-order valence-electron chi connectivity index (χ2n) is 8.10. The molecular weight excluding hydrogens is 408 g/mol. The van der Waals surface area contributed by atoms with Gasteiger partial charge < -0.3 is 14.2 Å². The molecule has 4 rings (SSSR count). The van der Waals surface area contributed by atoms with E-state index < -0.39 is 5.69 Å². The summed E-state index contributed by atoms with van der Waals surface area (Å²) in [5, 5.41) is 0. The number of nitrogens with zero attached hydrogens (tertiary/aromatic N) is 1. The van der Waals surface area contributed by atoms with E-state index in [9.17, 15) is 9.59 Å². The van der Waals surface area contributed by atoms with E-state index in [1.807, 2.05) is 60.7 Å². The van der Waals surface area contributed by atoms with Gasteiger partial charge in [-0.3, -0.25) is 14.3 Å². The summed E-state index contributed by atoms with van der Waals surface area (Å²) >= 11 is 0. The predicted molar refractivity (Wildman–Crippen MR) is 120 cm³/mol.